The van der Waals surface area contributed by atoms with Crippen LogP contribution in [-0.2, 0) is 11.0 Å². The van der Waals surface area contributed by atoms with Crippen LogP contribution in [0.1, 0.15) is 24.0 Å². The van der Waals surface area contributed by atoms with Crippen LogP contribution in [0.3, 0.4) is 0 Å². The van der Waals surface area contributed by atoms with Crippen molar-refractivity contribution in [2.75, 3.05) is 6.61 Å². The highest BCUT2D eigenvalue weighted by molar-refractivity contribution is 6.35. The lowest BCUT2D eigenvalue weighted by molar-refractivity contribution is -0.137. The molecule has 0 bridgehead atoms. The first-order valence-electron chi connectivity index (χ1n) is 7.83. The summed E-state index contributed by atoms with van der Waals surface area (Å²) in [7, 11) is 0. The van der Waals surface area contributed by atoms with Gasteiger partial charge in [-0.1, -0.05) is 35.3 Å². The average molecular weight is 419 g/mol. The number of hydrogen-bond donors (Lipinski definition) is 1. The number of carbonyl (C=O) groups is 1. The lowest BCUT2D eigenvalue weighted by atomic mass is 10.1. The van der Waals surface area contributed by atoms with Crippen LogP contribution >= 0.6 is 23.2 Å². The number of halogens is 5. The zero-order valence-electron chi connectivity index (χ0n) is 13.9. The van der Waals surface area contributed by atoms with Crippen molar-refractivity contribution in [1.29, 1.82) is 0 Å². The van der Waals surface area contributed by atoms with Gasteiger partial charge in [-0.25, -0.2) is 5.43 Å². The van der Waals surface area contributed by atoms with Crippen molar-refractivity contribution in [2.45, 2.75) is 19.0 Å². The average Bonchev–Trinajstić information content (AvgIpc) is 2.60. The maximum atomic E-state index is 12.6. The maximum Gasteiger partial charge on any atom is 0.416 e. The maximum absolute atomic E-state index is 12.6. The van der Waals surface area contributed by atoms with E-state index in [0.717, 1.165) is 18.3 Å². The highest BCUT2D eigenvalue weighted by Crippen LogP contribution is 2.29. The molecule has 4 nitrogen and oxygen atoms in total. The summed E-state index contributed by atoms with van der Waals surface area (Å²) in [6.45, 7) is 0.256. The lowest BCUT2D eigenvalue weighted by Crippen LogP contribution is -2.18. The molecule has 0 aromatic heterocycles. The van der Waals surface area contributed by atoms with Gasteiger partial charge >= 0.3 is 6.18 Å². The van der Waals surface area contributed by atoms with Crippen molar-refractivity contribution in [3.8, 4) is 5.75 Å². The number of amides is 1. The lowest BCUT2D eigenvalue weighted by Gasteiger charge is -2.08. The third kappa shape index (κ3) is 7.11. The summed E-state index contributed by atoms with van der Waals surface area (Å²) < 4.78 is 43.3. The van der Waals surface area contributed by atoms with Crippen molar-refractivity contribution in [3.63, 3.8) is 0 Å². The van der Waals surface area contributed by atoms with Crippen LogP contribution in [0.25, 0.3) is 0 Å². The number of carbonyl (C=O) groups excluding carboxylic acids is 1. The number of nitrogens with zero attached hydrogens (tertiary/aromatic N) is 1. The van der Waals surface area contributed by atoms with E-state index in [1.54, 1.807) is 18.2 Å². The Morgan fingerprint density at radius 2 is 1.96 bits per heavy atom. The summed E-state index contributed by atoms with van der Waals surface area (Å²) >= 11 is 11.7. The summed E-state index contributed by atoms with van der Waals surface area (Å²) in [6.07, 6.45) is -2.74. The molecule has 0 aliphatic heterocycles. The van der Waals surface area contributed by atoms with E-state index >= 15 is 0 Å². The number of alkyl halides is 3. The van der Waals surface area contributed by atoms with Crippen LogP contribution in [0.2, 0.25) is 10.0 Å². The molecule has 0 spiro atoms. The molecule has 0 atom stereocenters. The van der Waals surface area contributed by atoms with Crippen LogP contribution in [0, 0.1) is 0 Å². The topological polar surface area (TPSA) is 50.7 Å². The summed E-state index contributed by atoms with van der Waals surface area (Å²) in [4.78, 5) is 11.7. The molecule has 1 amide bonds. The summed E-state index contributed by atoms with van der Waals surface area (Å²) in [5.74, 6) is 0.0769. The predicted octanol–water partition coefficient (Wildman–Crippen LogP) is 5.32. The summed E-state index contributed by atoms with van der Waals surface area (Å²) in [5.41, 5.74) is 1.70. The van der Waals surface area contributed by atoms with Gasteiger partial charge in [-0.3, -0.25) is 4.79 Å². The smallest absolute Gasteiger partial charge is 0.416 e. The van der Waals surface area contributed by atoms with Crippen LogP contribution < -0.4 is 10.2 Å². The van der Waals surface area contributed by atoms with Crippen LogP contribution in [0.4, 0.5) is 13.2 Å². The Balaban J connectivity index is 1.74. The van der Waals surface area contributed by atoms with E-state index in [4.69, 9.17) is 27.9 Å². The second-order valence-corrected chi connectivity index (χ2v) is 6.29. The highest BCUT2D eigenvalue weighted by atomic mass is 35.5. The Labute approximate surface area is 163 Å². The Hall–Kier alpha value is -2.25. The zero-order chi connectivity index (χ0) is 19.9. The van der Waals surface area contributed by atoms with Gasteiger partial charge in [-0.2, -0.15) is 18.3 Å². The molecule has 0 aliphatic carbocycles. The van der Waals surface area contributed by atoms with Crippen molar-refractivity contribution < 1.29 is 22.7 Å². The van der Waals surface area contributed by atoms with E-state index in [9.17, 15) is 18.0 Å². The molecule has 0 aliphatic rings. The van der Waals surface area contributed by atoms with E-state index in [-0.39, 0.29) is 24.5 Å². The highest BCUT2D eigenvalue weighted by Gasteiger charge is 2.30. The van der Waals surface area contributed by atoms with Gasteiger partial charge in [-0.05, 0) is 42.3 Å². The van der Waals surface area contributed by atoms with E-state index < -0.39 is 11.7 Å². The number of ether oxygens (including phenoxy) is 1. The first-order valence-corrected chi connectivity index (χ1v) is 8.58. The van der Waals surface area contributed by atoms with Gasteiger partial charge in [0.15, 0.2) is 0 Å². The number of hydrazone groups is 1. The molecule has 0 saturated carbocycles. The van der Waals surface area contributed by atoms with E-state index in [1.165, 1.54) is 12.1 Å². The summed E-state index contributed by atoms with van der Waals surface area (Å²) in [6, 6.07) is 9.44. The van der Waals surface area contributed by atoms with Crippen molar-refractivity contribution in [3.05, 3.63) is 63.6 Å². The van der Waals surface area contributed by atoms with Crippen molar-refractivity contribution in [2.24, 2.45) is 5.10 Å². The van der Waals surface area contributed by atoms with Crippen LogP contribution in [0.5, 0.6) is 5.75 Å². The Morgan fingerprint density at radius 3 is 2.67 bits per heavy atom. The molecule has 0 unspecified atom stereocenters. The fourth-order valence-corrected chi connectivity index (χ4v) is 2.50. The largest absolute Gasteiger partial charge is 0.492 e. The van der Waals surface area contributed by atoms with Gasteiger partial charge in [0.2, 0.25) is 5.91 Å². The normalized spacial score (nSPS) is 11.6. The molecule has 0 heterocycles. The molecule has 144 valence electrons. The van der Waals surface area contributed by atoms with E-state index in [0.29, 0.717) is 22.2 Å². The molecule has 0 radical (unpaired) electrons. The predicted molar refractivity (Wildman–Crippen MR) is 98.4 cm³/mol. The Morgan fingerprint density at radius 1 is 1.19 bits per heavy atom. The molecule has 0 fully saturated rings. The molecule has 27 heavy (non-hydrogen) atoms. The van der Waals surface area contributed by atoms with Crippen LogP contribution in [0.15, 0.2) is 47.6 Å². The molecular weight excluding hydrogens is 404 g/mol. The molecule has 9 heteroatoms. The fraction of sp³-hybridized carbons (Fsp3) is 0.222. The second kappa shape index (κ2) is 9.62. The second-order valence-electron chi connectivity index (χ2n) is 5.44. The minimum Gasteiger partial charge on any atom is -0.492 e. The van der Waals surface area contributed by atoms with Gasteiger partial charge < -0.3 is 4.74 Å². The van der Waals surface area contributed by atoms with Gasteiger partial charge in [0.05, 0.1) is 23.4 Å². The standard InChI is InChI=1S/C18H15Cl2F3N2O2/c19-14-6-7-16(15(20)10-14)27-8-2-5-17(26)25-24-11-12-3-1-4-13(9-12)18(21,22)23/h1,3-4,6-7,9-11H,2,5,8H2,(H,25,26)/b24-11+. The molecular formula is C18H15Cl2F3N2O2. The van der Waals surface area contributed by atoms with Crippen molar-refractivity contribution in [1.82, 2.24) is 5.43 Å². The Bertz CT molecular complexity index is 826. The van der Waals surface area contributed by atoms with Gasteiger partial charge in [0, 0.05) is 11.4 Å². The molecule has 1 N–H and O–H groups in total. The minimum atomic E-state index is -4.43. The van der Waals surface area contributed by atoms with Crippen molar-refractivity contribution >= 4 is 35.3 Å². The first kappa shape index (κ1) is 21.1. The monoisotopic (exact) mass is 418 g/mol. The third-order valence-electron chi connectivity index (χ3n) is 3.32. The Kier molecular flexibility index (Phi) is 7.50. The number of rotatable bonds is 7. The number of nitrogens with one attached hydrogen (secondary N) is 1. The number of hydrogen-bond acceptors (Lipinski definition) is 3. The van der Waals surface area contributed by atoms with Gasteiger partial charge in [0.1, 0.15) is 5.75 Å². The number of benzene rings is 2. The molecule has 2 aromatic carbocycles. The third-order valence-corrected chi connectivity index (χ3v) is 3.85. The minimum absolute atomic E-state index is 0.130. The van der Waals surface area contributed by atoms with E-state index in [1.807, 2.05) is 0 Å². The SMILES string of the molecule is O=C(CCCOc1ccc(Cl)cc1Cl)N/N=C/c1cccc(C(F)(F)F)c1. The van der Waals surface area contributed by atoms with Crippen LogP contribution in [-0.4, -0.2) is 18.7 Å². The van der Waals surface area contributed by atoms with Gasteiger partial charge in [-0.15, -0.1) is 0 Å². The van der Waals surface area contributed by atoms with E-state index in [2.05, 4.69) is 10.5 Å². The molecule has 0 saturated heterocycles. The molecule has 2 aromatic rings. The van der Waals surface area contributed by atoms with Gasteiger partial charge in [0.25, 0.3) is 0 Å². The zero-order valence-corrected chi connectivity index (χ0v) is 15.4. The summed E-state index contributed by atoms with van der Waals surface area (Å²) in [5, 5.41) is 4.52. The molecule has 2 rings (SSSR count). The fourth-order valence-electron chi connectivity index (χ4n) is 2.04. The first-order chi connectivity index (χ1) is 12.8. The quantitative estimate of drug-likeness (QED) is 0.375.